The lowest BCUT2D eigenvalue weighted by molar-refractivity contribution is 0.102. The molecule has 0 fully saturated rings. The molecule has 0 saturated carbocycles. The number of anilines is 1. The van der Waals surface area contributed by atoms with Crippen LogP contribution in [0.1, 0.15) is 35.8 Å². The number of hydrogen-bond donors (Lipinski definition) is 1. The van der Waals surface area contributed by atoms with E-state index in [-0.39, 0.29) is 11.8 Å². The van der Waals surface area contributed by atoms with Crippen LogP contribution in [-0.4, -0.2) is 34.0 Å². The molecule has 1 N–H and O–H groups in total. The van der Waals surface area contributed by atoms with Crippen LogP contribution in [0.25, 0.3) is 16.6 Å². The molecule has 0 bridgehead atoms. The van der Waals surface area contributed by atoms with E-state index in [4.69, 9.17) is 16.3 Å². The van der Waals surface area contributed by atoms with Crippen molar-refractivity contribution in [1.29, 1.82) is 0 Å². The highest BCUT2D eigenvalue weighted by Crippen LogP contribution is 2.26. The zero-order chi connectivity index (χ0) is 22.0. The summed E-state index contributed by atoms with van der Waals surface area (Å²) in [5.74, 6) is -0.0710. The van der Waals surface area contributed by atoms with Crippen LogP contribution in [0.2, 0.25) is 5.02 Å². The first-order valence-electron chi connectivity index (χ1n) is 10.2. The second-order valence-electron chi connectivity index (χ2n) is 7.72. The summed E-state index contributed by atoms with van der Waals surface area (Å²) in [5.41, 5.74) is 4.13. The van der Waals surface area contributed by atoms with Crippen LogP contribution >= 0.6 is 11.6 Å². The van der Waals surface area contributed by atoms with Gasteiger partial charge in [0.25, 0.3) is 5.91 Å². The van der Waals surface area contributed by atoms with Gasteiger partial charge in [-0.05, 0) is 54.4 Å². The van der Waals surface area contributed by atoms with E-state index < -0.39 is 0 Å². The van der Waals surface area contributed by atoms with Crippen LogP contribution < -0.4 is 5.32 Å². The molecule has 160 valence electrons. The van der Waals surface area contributed by atoms with Gasteiger partial charge in [-0.1, -0.05) is 25.4 Å². The number of halogens is 1. The molecule has 2 aromatic heterocycles. The summed E-state index contributed by atoms with van der Waals surface area (Å²) in [6.45, 7) is 5.54. The molecular formula is C24H25ClN4O2. The van der Waals surface area contributed by atoms with E-state index in [1.54, 1.807) is 18.0 Å². The van der Waals surface area contributed by atoms with E-state index in [1.165, 1.54) is 0 Å². The van der Waals surface area contributed by atoms with Crippen molar-refractivity contribution >= 4 is 34.1 Å². The maximum atomic E-state index is 13.1. The molecule has 7 heteroatoms. The van der Waals surface area contributed by atoms with Crippen LogP contribution in [0.5, 0.6) is 0 Å². The van der Waals surface area contributed by atoms with Gasteiger partial charge in [0.05, 0.1) is 29.7 Å². The summed E-state index contributed by atoms with van der Waals surface area (Å²) in [5, 5.41) is 9.23. The number of ether oxygens (including phenoxy) is 1. The van der Waals surface area contributed by atoms with Crippen molar-refractivity contribution in [1.82, 2.24) is 14.3 Å². The van der Waals surface area contributed by atoms with Crippen molar-refractivity contribution in [2.75, 3.05) is 19.0 Å². The fourth-order valence-electron chi connectivity index (χ4n) is 3.74. The number of rotatable bonds is 7. The van der Waals surface area contributed by atoms with Gasteiger partial charge in [0.2, 0.25) is 0 Å². The Kier molecular flexibility index (Phi) is 6.11. The van der Waals surface area contributed by atoms with E-state index >= 15 is 0 Å². The minimum Gasteiger partial charge on any atom is -0.383 e. The zero-order valence-corrected chi connectivity index (χ0v) is 18.6. The quantitative estimate of drug-likeness (QED) is 0.416. The molecule has 0 aliphatic heterocycles. The van der Waals surface area contributed by atoms with Crippen LogP contribution in [0, 0.1) is 0 Å². The molecule has 6 nitrogen and oxygen atoms in total. The lowest BCUT2D eigenvalue weighted by Gasteiger charge is -2.13. The normalized spacial score (nSPS) is 11.4. The van der Waals surface area contributed by atoms with Gasteiger partial charge in [-0.15, -0.1) is 0 Å². The van der Waals surface area contributed by atoms with E-state index in [2.05, 4.69) is 28.8 Å². The van der Waals surface area contributed by atoms with Gasteiger partial charge >= 0.3 is 0 Å². The minimum absolute atomic E-state index is 0.108. The third-order valence-electron chi connectivity index (χ3n) is 5.23. The number of hydrogen-bond acceptors (Lipinski definition) is 3. The Morgan fingerprint density at radius 2 is 1.94 bits per heavy atom. The number of methoxy groups -OCH3 is 1. The minimum atomic E-state index is -0.179. The summed E-state index contributed by atoms with van der Waals surface area (Å²) < 4.78 is 9.10. The second kappa shape index (κ2) is 8.96. The molecule has 0 spiro atoms. The average molecular weight is 437 g/mol. The van der Waals surface area contributed by atoms with Crippen LogP contribution in [0.3, 0.4) is 0 Å². The Hall–Kier alpha value is -3.09. The van der Waals surface area contributed by atoms with Crippen molar-refractivity contribution in [3.8, 4) is 5.69 Å². The molecular weight excluding hydrogens is 412 g/mol. The molecule has 0 aliphatic carbocycles. The number of carbonyl (C=O) groups is 1. The number of nitrogens with one attached hydrogen (secondary N) is 1. The molecule has 0 saturated heterocycles. The molecule has 0 atom stereocenters. The van der Waals surface area contributed by atoms with Crippen LogP contribution in [0.15, 0.2) is 60.9 Å². The van der Waals surface area contributed by atoms with Crippen molar-refractivity contribution in [2.24, 2.45) is 0 Å². The first-order chi connectivity index (χ1) is 15.0. The van der Waals surface area contributed by atoms with Gasteiger partial charge in [-0.25, -0.2) is 4.68 Å². The predicted molar refractivity (Wildman–Crippen MR) is 124 cm³/mol. The molecule has 4 rings (SSSR count). The highest BCUT2D eigenvalue weighted by molar-refractivity contribution is 6.30. The van der Waals surface area contributed by atoms with Gasteiger partial charge in [0.15, 0.2) is 0 Å². The SMILES string of the molecule is COCCn1ccc2cc(NC(=O)c3cnn(-c4ccc(Cl)cc4)c3C(C)C)ccc21. The topological polar surface area (TPSA) is 61.1 Å². The molecule has 4 aromatic rings. The van der Waals surface area contributed by atoms with E-state index in [1.807, 2.05) is 54.7 Å². The Morgan fingerprint density at radius 3 is 2.65 bits per heavy atom. The van der Waals surface area contributed by atoms with Crippen LogP contribution in [-0.2, 0) is 11.3 Å². The van der Waals surface area contributed by atoms with E-state index in [9.17, 15) is 4.79 Å². The molecule has 0 unspecified atom stereocenters. The highest BCUT2D eigenvalue weighted by atomic mass is 35.5. The Labute approximate surface area is 186 Å². The van der Waals surface area contributed by atoms with E-state index in [0.717, 1.165) is 34.5 Å². The second-order valence-corrected chi connectivity index (χ2v) is 8.15. The smallest absolute Gasteiger partial charge is 0.259 e. The standard InChI is InChI=1S/C24H25ClN4O2/c1-16(2)23-21(15-26-29(23)20-7-4-18(25)5-8-20)24(30)27-19-6-9-22-17(14-19)10-11-28(22)12-13-31-3/h4-11,14-16H,12-13H2,1-3H3,(H,27,30). The molecule has 0 aliphatic rings. The molecule has 31 heavy (non-hydrogen) atoms. The number of benzene rings is 2. The Morgan fingerprint density at radius 1 is 1.16 bits per heavy atom. The zero-order valence-electron chi connectivity index (χ0n) is 17.8. The number of amides is 1. The number of nitrogens with zero attached hydrogens (tertiary/aromatic N) is 3. The largest absolute Gasteiger partial charge is 0.383 e. The summed E-state index contributed by atoms with van der Waals surface area (Å²) in [4.78, 5) is 13.1. The predicted octanol–water partition coefficient (Wildman–Crippen LogP) is 5.50. The first kappa shape index (κ1) is 21.2. The van der Waals surface area contributed by atoms with Crippen molar-refractivity contribution in [3.63, 3.8) is 0 Å². The molecule has 2 aromatic carbocycles. The van der Waals surface area contributed by atoms with Crippen molar-refractivity contribution < 1.29 is 9.53 Å². The lowest BCUT2D eigenvalue weighted by Crippen LogP contribution is -2.15. The summed E-state index contributed by atoms with van der Waals surface area (Å²) in [6.07, 6.45) is 3.65. The van der Waals surface area contributed by atoms with Gasteiger partial charge in [-0.2, -0.15) is 5.10 Å². The monoisotopic (exact) mass is 436 g/mol. The Balaban J connectivity index is 1.60. The molecule has 0 radical (unpaired) electrons. The summed E-state index contributed by atoms with van der Waals surface area (Å²) in [6, 6.07) is 15.4. The first-order valence-corrected chi connectivity index (χ1v) is 10.6. The van der Waals surface area contributed by atoms with Gasteiger partial charge < -0.3 is 14.6 Å². The maximum Gasteiger partial charge on any atom is 0.259 e. The van der Waals surface area contributed by atoms with Crippen molar-refractivity contribution in [3.05, 3.63) is 77.2 Å². The third kappa shape index (κ3) is 4.36. The highest BCUT2D eigenvalue weighted by Gasteiger charge is 2.21. The number of carbonyl (C=O) groups excluding carboxylic acids is 1. The van der Waals surface area contributed by atoms with E-state index in [0.29, 0.717) is 17.2 Å². The average Bonchev–Trinajstić information content (AvgIpc) is 3.37. The lowest BCUT2D eigenvalue weighted by atomic mass is 10.0. The number of aromatic nitrogens is 3. The van der Waals surface area contributed by atoms with Gasteiger partial charge in [0, 0.05) is 41.5 Å². The molecule has 2 heterocycles. The Bertz CT molecular complexity index is 1210. The molecule has 1 amide bonds. The third-order valence-corrected chi connectivity index (χ3v) is 5.49. The summed E-state index contributed by atoms with van der Waals surface area (Å²) >= 11 is 6.01. The van der Waals surface area contributed by atoms with Crippen LogP contribution in [0.4, 0.5) is 5.69 Å². The van der Waals surface area contributed by atoms with Gasteiger partial charge in [-0.3, -0.25) is 4.79 Å². The number of fused-ring (bicyclic) bond motifs is 1. The van der Waals surface area contributed by atoms with Gasteiger partial charge in [0.1, 0.15) is 0 Å². The fourth-order valence-corrected chi connectivity index (χ4v) is 3.86. The maximum absolute atomic E-state index is 13.1. The fraction of sp³-hybridized carbons (Fsp3) is 0.250. The summed E-state index contributed by atoms with van der Waals surface area (Å²) in [7, 11) is 1.69. The van der Waals surface area contributed by atoms with Crippen molar-refractivity contribution in [2.45, 2.75) is 26.3 Å².